The lowest BCUT2D eigenvalue weighted by Gasteiger charge is -2.15. The van der Waals surface area contributed by atoms with Crippen LogP contribution in [0.2, 0.25) is 0 Å². The molecule has 10 heteroatoms. The Morgan fingerprint density at radius 1 is 0.567 bits per heavy atom. The van der Waals surface area contributed by atoms with E-state index in [1.165, 1.54) is 36.4 Å². The first-order chi connectivity index (χ1) is 14.0. The third-order valence-corrected chi connectivity index (χ3v) is 6.71. The first kappa shape index (κ1) is 20.1. The minimum absolute atomic E-state index is 0.147. The van der Waals surface area contributed by atoms with Crippen LogP contribution in [0.1, 0.15) is 0 Å². The zero-order chi connectivity index (χ0) is 21.8. The molecule has 0 aliphatic carbocycles. The second-order valence-corrected chi connectivity index (χ2v) is 9.49. The SMILES string of the molecule is Nc1ccc(-c2ccc(N)c3c(S(=O)(=O)O)cccc23)c2cccc(S(=O)(=O)O)c12. The van der Waals surface area contributed by atoms with E-state index in [9.17, 15) is 25.9 Å². The van der Waals surface area contributed by atoms with Gasteiger partial charge in [0.2, 0.25) is 0 Å². The minimum Gasteiger partial charge on any atom is -0.398 e. The first-order valence-corrected chi connectivity index (χ1v) is 11.5. The summed E-state index contributed by atoms with van der Waals surface area (Å²) in [5.41, 5.74) is 13.4. The average molecular weight is 444 g/mol. The van der Waals surface area contributed by atoms with Crippen LogP contribution in [0, 0.1) is 0 Å². The molecule has 6 N–H and O–H groups in total. The Kier molecular flexibility index (Phi) is 4.47. The summed E-state index contributed by atoms with van der Waals surface area (Å²) in [7, 11) is -9.08. The molecule has 4 rings (SSSR count). The highest BCUT2D eigenvalue weighted by Crippen LogP contribution is 2.41. The van der Waals surface area contributed by atoms with Gasteiger partial charge in [0, 0.05) is 22.1 Å². The maximum absolute atomic E-state index is 11.8. The standard InChI is InChI=1S/C20H16N2O6S2/c21-15-9-7-11(13-3-1-5-17(19(13)15)29(23,24)25)12-8-10-16(22)20-14(12)4-2-6-18(20)30(26,27)28/h1-10H,21-22H2,(H,23,24,25)(H,26,27,28). The summed E-state index contributed by atoms with van der Waals surface area (Å²) in [6.45, 7) is 0. The van der Waals surface area contributed by atoms with E-state index in [2.05, 4.69) is 0 Å². The second-order valence-electron chi connectivity index (χ2n) is 6.71. The van der Waals surface area contributed by atoms with Gasteiger partial charge in [-0.25, -0.2) is 0 Å². The molecule has 0 aromatic heterocycles. The maximum Gasteiger partial charge on any atom is 0.295 e. The molecule has 0 atom stereocenters. The lowest BCUT2D eigenvalue weighted by molar-refractivity contribution is 0.482. The summed E-state index contributed by atoms with van der Waals surface area (Å²) in [6, 6.07) is 15.0. The number of hydrogen-bond acceptors (Lipinski definition) is 6. The van der Waals surface area contributed by atoms with Gasteiger partial charge in [0.15, 0.2) is 0 Å². The molecule has 0 aliphatic rings. The zero-order valence-electron chi connectivity index (χ0n) is 15.3. The van der Waals surface area contributed by atoms with Crippen LogP contribution in [0.5, 0.6) is 0 Å². The van der Waals surface area contributed by atoms with E-state index >= 15 is 0 Å². The predicted octanol–water partition coefficient (Wildman–Crippen LogP) is 3.32. The van der Waals surface area contributed by atoms with E-state index in [-0.39, 0.29) is 31.9 Å². The molecule has 0 bridgehead atoms. The third kappa shape index (κ3) is 3.15. The van der Waals surface area contributed by atoms with Gasteiger partial charge in [-0.3, -0.25) is 9.11 Å². The summed E-state index contributed by atoms with van der Waals surface area (Å²) in [5, 5.41) is 1.17. The van der Waals surface area contributed by atoms with E-state index in [0.717, 1.165) is 0 Å². The van der Waals surface area contributed by atoms with Crippen LogP contribution in [-0.2, 0) is 20.2 Å². The topological polar surface area (TPSA) is 161 Å². The molecule has 0 heterocycles. The highest BCUT2D eigenvalue weighted by atomic mass is 32.2. The van der Waals surface area contributed by atoms with E-state index < -0.39 is 20.2 Å². The maximum atomic E-state index is 11.8. The van der Waals surface area contributed by atoms with Crippen LogP contribution in [0.3, 0.4) is 0 Å². The van der Waals surface area contributed by atoms with Crippen LogP contribution >= 0.6 is 0 Å². The highest BCUT2D eigenvalue weighted by Gasteiger charge is 2.21. The largest absolute Gasteiger partial charge is 0.398 e. The summed E-state index contributed by atoms with van der Waals surface area (Å²) in [6.07, 6.45) is 0. The number of nitrogens with two attached hydrogens (primary N) is 2. The van der Waals surface area contributed by atoms with Crippen molar-refractivity contribution in [2.24, 2.45) is 0 Å². The monoisotopic (exact) mass is 444 g/mol. The fourth-order valence-corrected chi connectivity index (χ4v) is 5.17. The van der Waals surface area contributed by atoms with E-state index in [1.54, 1.807) is 24.3 Å². The van der Waals surface area contributed by atoms with Crippen molar-refractivity contribution in [1.29, 1.82) is 0 Å². The van der Waals surface area contributed by atoms with Crippen molar-refractivity contribution in [1.82, 2.24) is 0 Å². The van der Waals surface area contributed by atoms with Crippen molar-refractivity contribution in [3.05, 3.63) is 60.7 Å². The van der Waals surface area contributed by atoms with Gasteiger partial charge in [0.1, 0.15) is 9.79 Å². The molecule has 0 amide bonds. The Morgan fingerprint density at radius 3 is 1.27 bits per heavy atom. The Labute approximate surface area is 172 Å². The fraction of sp³-hybridized carbons (Fsp3) is 0. The van der Waals surface area contributed by atoms with Gasteiger partial charge in [-0.2, -0.15) is 16.8 Å². The number of fused-ring (bicyclic) bond motifs is 2. The molecule has 4 aromatic carbocycles. The summed E-state index contributed by atoms with van der Waals surface area (Å²) >= 11 is 0. The van der Waals surface area contributed by atoms with Crippen molar-refractivity contribution in [3.8, 4) is 11.1 Å². The fourth-order valence-electron chi connectivity index (χ4n) is 3.70. The van der Waals surface area contributed by atoms with Crippen molar-refractivity contribution >= 4 is 53.2 Å². The molecule has 8 nitrogen and oxygen atoms in total. The van der Waals surface area contributed by atoms with E-state index in [1.807, 2.05) is 0 Å². The lowest BCUT2D eigenvalue weighted by Crippen LogP contribution is -2.03. The molecule has 4 aromatic rings. The molecule has 0 fully saturated rings. The number of anilines is 2. The van der Waals surface area contributed by atoms with Crippen LogP contribution in [-0.4, -0.2) is 25.9 Å². The predicted molar refractivity (Wildman–Crippen MR) is 115 cm³/mol. The molecule has 0 unspecified atom stereocenters. The number of benzene rings is 4. The summed E-state index contributed by atoms with van der Waals surface area (Å²) in [4.78, 5) is -0.671. The van der Waals surface area contributed by atoms with Crippen molar-refractivity contribution in [2.45, 2.75) is 9.79 Å². The molecule has 30 heavy (non-hydrogen) atoms. The van der Waals surface area contributed by atoms with Crippen LogP contribution in [0.4, 0.5) is 11.4 Å². The normalized spacial score (nSPS) is 12.5. The average Bonchev–Trinajstić information content (AvgIpc) is 2.67. The van der Waals surface area contributed by atoms with Gasteiger partial charge in [0.25, 0.3) is 20.2 Å². The number of hydrogen-bond donors (Lipinski definition) is 4. The molecule has 0 radical (unpaired) electrons. The van der Waals surface area contributed by atoms with Crippen LogP contribution < -0.4 is 11.5 Å². The Morgan fingerprint density at radius 2 is 0.933 bits per heavy atom. The van der Waals surface area contributed by atoms with Gasteiger partial charge in [0.05, 0.1) is 0 Å². The van der Waals surface area contributed by atoms with Gasteiger partial charge < -0.3 is 11.5 Å². The summed E-state index contributed by atoms with van der Waals surface area (Å²) < 4.78 is 66.6. The van der Waals surface area contributed by atoms with Crippen molar-refractivity contribution in [3.63, 3.8) is 0 Å². The Hall–Kier alpha value is -3.18. The van der Waals surface area contributed by atoms with Gasteiger partial charge in [-0.1, -0.05) is 36.4 Å². The van der Waals surface area contributed by atoms with Gasteiger partial charge in [-0.15, -0.1) is 0 Å². The minimum atomic E-state index is -4.54. The molecule has 154 valence electrons. The Balaban J connectivity index is 2.18. The van der Waals surface area contributed by atoms with Crippen molar-refractivity contribution < 1.29 is 25.9 Å². The molecular formula is C20H16N2O6S2. The van der Waals surface area contributed by atoms with E-state index in [0.29, 0.717) is 21.9 Å². The first-order valence-electron chi connectivity index (χ1n) is 8.58. The molecule has 0 saturated heterocycles. The quantitative estimate of drug-likeness (QED) is 0.276. The van der Waals surface area contributed by atoms with Crippen molar-refractivity contribution in [2.75, 3.05) is 11.5 Å². The number of nitrogen functional groups attached to an aromatic ring is 2. The Bertz CT molecular complexity index is 1440. The third-order valence-electron chi connectivity index (χ3n) is 4.92. The van der Waals surface area contributed by atoms with Gasteiger partial charge >= 0.3 is 0 Å². The lowest BCUT2D eigenvalue weighted by atomic mass is 9.92. The zero-order valence-corrected chi connectivity index (χ0v) is 16.9. The van der Waals surface area contributed by atoms with Gasteiger partial charge in [-0.05, 0) is 46.2 Å². The molecule has 0 spiro atoms. The molecule has 0 aliphatic heterocycles. The number of rotatable bonds is 3. The highest BCUT2D eigenvalue weighted by molar-refractivity contribution is 7.86. The smallest absolute Gasteiger partial charge is 0.295 e. The summed E-state index contributed by atoms with van der Waals surface area (Å²) in [5.74, 6) is 0. The molecule has 0 saturated carbocycles. The van der Waals surface area contributed by atoms with Crippen LogP contribution in [0.25, 0.3) is 32.7 Å². The second kappa shape index (κ2) is 6.67. The van der Waals surface area contributed by atoms with E-state index in [4.69, 9.17) is 11.5 Å². The molecular weight excluding hydrogens is 428 g/mol. The van der Waals surface area contributed by atoms with Crippen LogP contribution in [0.15, 0.2) is 70.5 Å².